The number of amides is 1. The van der Waals surface area contributed by atoms with Gasteiger partial charge < -0.3 is 9.88 Å². The Labute approximate surface area is 137 Å². The maximum absolute atomic E-state index is 12.6. The van der Waals surface area contributed by atoms with Crippen LogP contribution in [0, 0.1) is 0 Å². The number of rotatable bonds is 4. The van der Waals surface area contributed by atoms with Gasteiger partial charge >= 0.3 is 0 Å². The number of hydrogen-bond acceptors (Lipinski definition) is 1. The van der Waals surface area contributed by atoms with Gasteiger partial charge in [0.1, 0.15) is 0 Å². The Bertz CT molecular complexity index is 679. The number of benzene rings is 1. The fourth-order valence-corrected chi connectivity index (χ4v) is 3.21. The van der Waals surface area contributed by atoms with E-state index in [1.807, 2.05) is 31.4 Å². The number of halogens is 2. The van der Waals surface area contributed by atoms with Crippen LogP contribution in [0.25, 0.3) is 0 Å². The predicted octanol–water partition coefficient (Wildman–Crippen LogP) is 4.58. The summed E-state index contributed by atoms with van der Waals surface area (Å²) in [7, 11) is 1.81. The third-order valence-corrected chi connectivity index (χ3v) is 4.64. The summed E-state index contributed by atoms with van der Waals surface area (Å²) in [6, 6.07) is 5.72. The van der Waals surface area contributed by atoms with Crippen molar-refractivity contribution >= 4 is 33.4 Å². The van der Waals surface area contributed by atoms with Crippen LogP contribution in [0.1, 0.15) is 40.2 Å². The van der Waals surface area contributed by atoms with Crippen LogP contribution in [0.4, 0.5) is 0 Å². The van der Waals surface area contributed by atoms with Crippen LogP contribution in [0.2, 0.25) is 5.02 Å². The Hall–Kier alpha value is -1.26. The maximum Gasteiger partial charge on any atom is 0.255 e. The molecule has 2 aromatic rings. The summed E-state index contributed by atoms with van der Waals surface area (Å²) in [6.45, 7) is 0.500. The first-order chi connectivity index (χ1) is 10.1. The number of carbonyl (C=O) groups is 1. The van der Waals surface area contributed by atoms with E-state index in [0.29, 0.717) is 17.5 Å². The molecule has 110 valence electrons. The zero-order valence-corrected chi connectivity index (χ0v) is 14.0. The zero-order valence-electron chi connectivity index (χ0n) is 11.7. The Kier molecular flexibility index (Phi) is 4.09. The molecule has 1 aromatic heterocycles. The average Bonchev–Trinajstić information content (AvgIpc) is 3.18. The topological polar surface area (TPSA) is 36.1 Å². The predicted molar refractivity (Wildman–Crippen MR) is 87.7 cm³/mol. The molecule has 1 heterocycles. The summed E-state index contributed by atoms with van der Waals surface area (Å²) in [4.78, 5) is 17.4. The molecule has 1 fully saturated rings. The lowest BCUT2D eigenvalue weighted by Crippen LogP contribution is -2.26. The fourth-order valence-electron chi connectivity index (χ4n) is 2.48. The van der Waals surface area contributed by atoms with E-state index in [1.165, 1.54) is 12.8 Å². The van der Waals surface area contributed by atoms with Crippen molar-refractivity contribution in [2.24, 2.45) is 0 Å². The second kappa shape index (κ2) is 5.85. The van der Waals surface area contributed by atoms with Gasteiger partial charge in [0.2, 0.25) is 0 Å². The third-order valence-electron chi connectivity index (χ3n) is 3.79. The van der Waals surface area contributed by atoms with Gasteiger partial charge in [-0.2, -0.15) is 0 Å². The molecule has 1 aliphatic rings. The minimum absolute atomic E-state index is 0.0390. The zero-order chi connectivity index (χ0) is 15.0. The lowest BCUT2D eigenvalue weighted by Gasteiger charge is -2.18. The van der Waals surface area contributed by atoms with Gasteiger partial charge in [-0.25, -0.2) is 0 Å². The Morgan fingerprint density at radius 1 is 1.43 bits per heavy atom. The van der Waals surface area contributed by atoms with Crippen molar-refractivity contribution in [3.63, 3.8) is 0 Å². The number of nitrogens with zero attached hydrogens (tertiary/aromatic N) is 1. The molecule has 3 rings (SSSR count). The van der Waals surface area contributed by atoms with Gasteiger partial charge in [0.25, 0.3) is 5.91 Å². The van der Waals surface area contributed by atoms with E-state index < -0.39 is 0 Å². The first-order valence-corrected chi connectivity index (χ1v) is 8.09. The summed E-state index contributed by atoms with van der Waals surface area (Å²) >= 11 is 9.61. The molecule has 5 heteroatoms. The molecule has 0 bridgehead atoms. The average molecular weight is 368 g/mol. The first-order valence-electron chi connectivity index (χ1n) is 6.92. The van der Waals surface area contributed by atoms with E-state index >= 15 is 0 Å². The summed E-state index contributed by atoms with van der Waals surface area (Å²) in [5.41, 5.74) is 2.88. The maximum atomic E-state index is 12.6. The van der Waals surface area contributed by atoms with Crippen LogP contribution in [-0.2, 0) is 6.54 Å². The minimum Gasteiger partial charge on any atom is -0.367 e. The Balaban J connectivity index is 1.76. The molecule has 1 saturated carbocycles. The van der Waals surface area contributed by atoms with Gasteiger partial charge in [-0.05, 0) is 42.0 Å². The molecule has 1 aromatic carbocycles. The normalized spacial score (nSPS) is 14.2. The summed E-state index contributed by atoms with van der Waals surface area (Å²) < 4.78 is 0.937. The minimum atomic E-state index is 0.0390. The molecule has 1 aliphatic carbocycles. The number of aromatic nitrogens is 1. The standard InChI is InChI=1S/C16H16BrClN2O/c1-20(9-11-4-5-12(17)6-15(11)18)16(21)14-8-19-7-13(14)10-2-3-10/h4-8,10,19H,2-3,9H2,1H3. The molecule has 0 spiro atoms. The highest BCUT2D eigenvalue weighted by Crippen LogP contribution is 2.41. The van der Waals surface area contributed by atoms with Crippen molar-refractivity contribution in [1.29, 1.82) is 0 Å². The van der Waals surface area contributed by atoms with Crippen LogP contribution in [0.3, 0.4) is 0 Å². The van der Waals surface area contributed by atoms with Crippen molar-refractivity contribution < 1.29 is 4.79 Å². The molecule has 3 nitrogen and oxygen atoms in total. The van der Waals surface area contributed by atoms with Gasteiger partial charge in [0.05, 0.1) is 5.56 Å². The second-order valence-corrected chi connectivity index (χ2v) is 6.82. The lowest BCUT2D eigenvalue weighted by molar-refractivity contribution is 0.0784. The summed E-state index contributed by atoms with van der Waals surface area (Å²) in [6.07, 6.45) is 6.11. The van der Waals surface area contributed by atoms with Gasteiger partial charge in [0, 0.05) is 35.5 Å². The molecule has 0 radical (unpaired) electrons. The van der Waals surface area contributed by atoms with E-state index in [1.54, 1.807) is 11.1 Å². The summed E-state index contributed by atoms with van der Waals surface area (Å²) in [5.74, 6) is 0.594. The summed E-state index contributed by atoms with van der Waals surface area (Å²) in [5, 5.41) is 0.667. The van der Waals surface area contributed by atoms with Gasteiger partial charge in [0.15, 0.2) is 0 Å². The second-order valence-electron chi connectivity index (χ2n) is 5.50. The molecular formula is C16H16BrClN2O. The van der Waals surface area contributed by atoms with Crippen molar-refractivity contribution in [3.05, 3.63) is 56.8 Å². The molecular weight excluding hydrogens is 352 g/mol. The fraction of sp³-hybridized carbons (Fsp3) is 0.312. The van der Waals surface area contributed by atoms with Crippen LogP contribution < -0.4 is 0 Å². The van der Waals surface area contributed by atoms with Crippen molar-refractivity contribution in [2.45, 2.75) is 25.3 Å². The van der Waals surface area contributed by atoms with Gasteiger partial charge in [-0.15, -0.1) is 0 Å². The highest BCUT2D eigenvalue weighted by atomic mass is 79.9. The van der Waals surface area contributed by atoms with Crippen LogP contribution >= 0.6 is 27.5 Å². The van der Waals surface area contributed by atoms with Crippen molar-refractivity contribution in [3.8, 4) is 0 Å². The van der Waals surface area contributed by atoms with E-state index in [2.05, 4.69) is 20.9 Å². The number of nitrogens with one attached hydrogen (secondary N) is 1. The highest BCUT2D eigenvalue weighted by Gasteiger charge is 2.29. The van der Waals surface area contributed by atoms with Gasteiger partial charge in [-0.1, -0.05) is 33.6 Å². The van der Waals surface area contributed by atoms with E-state index in [-0.39, 0.29) is 5.91 Å². The van der Waals surface area contributed by atoms with Crippen LogP contribution in [0.5, 0.6) is 0 Å². The first kappa shape index (κ1) is 14.7. The van der Waals surface area contributed by atoms with Crippen molar-refractivity contribution in [1.82, 2.24) is 9.88 Å². The highest BCUT2D eigenvalue weighted by molar-refractivity contribution is 9.10. The van der Waals surface area contributed by atoms with Crippen LogP contribution in [0.15, 0.2) is 35.1 Å². The molecule has 1 N–H and O–H groups in total. The number of aromatic amines is 1. The monoisotopic (exact) mass is 366 g/mol. The molecule has 1 amide bonds. The van der Waals surface area contributed by atoms with Crippen molar-refractivity contribution in [2.75, 3.05) is 7.05 Å². The molecule has 0 aliphatic heterocycles. The van der Waals surface area contributed by atoms with E-state index in [9.17, 15) is 4.79 Å². The Morgan fingerprint density at radius 2 is 2.19 bits per heavy atom. The molecule has 0 saturated heterocycles. The quantitative estimate of drug-likeness (QED) is 0.843. The SMILES string of the molecule is CN(Cc1ccc(Br)cc1Cl)C(=O)c1c[nH]cc1C1CC1. The molecule has 0 atom stereocenters. The van der Waals surface area contributed by atoms with Gasteiger partial charge in [-0.3, -0.25) is 4.79 Å². The number of H-pyrrole nitrogens is 1. The molecule has 0 unspecified atom stereocenters. The van der Waals surface area contributed by atoms with Crippen LogP contribution in [-0.4, -0.2) is 22.8 Å². The largest absolute Gasteiger partial charge is 0.367 e. The Morgan fingerprint density at radius 3 is 2.86 bits per heavy atom. The number of hydrogen-bond donors (Lipinski definition) is 1. The number of carbonyl (C=O) groups excluding carboxylic acids is 1. The van der Waals surface area contributed by atoms with E-state index in [0.717, 1.165) is 21.2 Å². The smallest absolute Gasteiger partial charge is 0.255 e. The third kappa shape index (κ3) is 3.16. The lowest BCUT2D eigenvalue weighted by atomic mass is 10.1. The molecule has 21 heavy (non-hydrogen) atoms. The van der Waals surface area contributed by atoms with E-state index in [4.69, 9.17) is 11.6 Å².